The Labute approximate surface area is 821 Å². The third-order valence-electron chi connectivity index (χ3n) is 23.5. The van der Waals surface area contributed by atoms with Gasteiger partial charge in [-0.15, -0.1) is 0 Å². The van der Waals surface area contributed by atoms with Crippen molar-refractivity contribution in [2.24, 2.45) is 28.2 Å². The van der Waals surface area contributed by atoms with Crippen molar-refractivity contribution in [3.8, 4) is 23.0 Å². The summed E-state index contributed by atoms with van der Waals surface area (Å²) in [5, 5.41) is 18.2. The topological polar surface area (TPSA) is 340 Å². The number of aryl methyl sites for hydroxylation is 4. The van der Waals surface area contributed by atoms with Crippen LogP contribution in [0, 0.1) is 0 Å². The second-order valence-corrected chi connectivity index (χ2v) is 34.6. The number of pyridine rings is 4. The Kier molecular flexibility index (Phi) is 40.9. The number of rotatable bonds is 26. The minimum absolute atomic E-state index is 0.0296. The number of nitrogens with zero attached hydrogens (tertiary/aromatic N) is 16. The van der Waals surface area contributed by atoms with E-state index in [2.05, 4.69) is 80.7 Å². The molecule has 35 heteroatoms. The SMILES string of the molecule is CC.CC.CC.CC.CC(=O)C(C)Oc1cc2cc(Nc3nc(N4CCCCC4)ncc3Cl)ccc2n(C)c1=O.CCC(=O)C(C)Oc1cc2cc(Nc3nc(N4CCCCC4)ncc3Cl)ccc2n(C)c1=O.CCCC(=O)COc1cc2cc(Nc3nc(N4CCCCC4)ncc3Cl)ccc2n(C)c1=O.Cn1c(=O)c(OC2CCC2)cc2cc(Nc3nc(N4CCCCC4)ncc3Cl)ccc21. The highest BCUT2D eigenvalue weighted by atomic mass is 35.5. The van der Waals surface area contributed by atoms with Gasteiger partial charge in [-0.3, -0.25) is 33.6 Å². The molecule has 0 bridgehead atoms. The lowest BCUT2D eigenvalue weighted by Crippen LogP contribution is -2.31. The van der Waals surface area contributed by atoms with E-state index in [-0.39, 0.29) is 69.5 Å². The molecule has 2 atom stereocenters. The van der Waals surface area contributed by atoms with Gasteiger partial charge in [0.2, 0.25) is 23.8 Å². The smallest absolute Gasteiger partial charge is 0.293 e. The van der Waals surface area contributed by atoms with Crippen LogP contribution in [0.1, 0.15) is 206 Å². The fraction of sp³-hybridized carbons (Fsp3) is 0.461. The largest absolute Gasteiger partial charge is 0.485 e. The van der Waals surface area contributed by atoms with Crippen molar-refractivity contribution in [3.63, 3.8) is 0 Å². The minimum Gasteiger partial charge on any atom is -0.485 e. The zero-order valence-electron chi connectivity index (χ0n) is 82.0. The standard InChI is InChI=1S/2C24H28ClN5O3.C23H26ClN5O3.C23H26ClN5O2.4C2H6/c1-4-20(31)15(2)33-21-13-16-12-17(8-9-19(16)29(3)23(21)32)27-22-18(25)14-26-24(28-22)30-10-6-5-7-11-30;1-3-7-18(31)15-33-21-13-16-12-17(8-9-20(16)29(2)23(21)32)27-22-19(25)14-26-24(28-22)30-10-5-4-6-11-30;1-14(30)15(2)32-20-12-16-11-17(7-8-19(16)28(3)22(20)31)26-21-18(24)13-25-23(27-21)29-9-5-4-6-10-29;1-28-19-9-8-16(12-15(19)13-20(22(28)30)31-17-6-5-7-17)26-21-18(24)14-25-23(27-21)29-10-3-2-4-11-29;4*1-2/h8-9,12-15H,4-7,10-11H2,1-3H3,(H,26,27,28);8-9,12-14H,3-7,10-11,15H2,1-2H3,(H,26,27,28);7-8,11-13,15H,4-6,9-10H2,1-3H3,(H,25,26,27);8-9,12-14,17H,2-7,10-11H2,1H3,(H,25,26,27);4*1-2H3. The predicted molar refractivity (Wildman–Crippen MR) is 558 cm³/mol. The number of piperidine rings is 4. The molecule has 1 saturated carbocycles. The summed E-state index contributed by atoms with van der Waals surface area (Å²) < 4.78 is 29.0. The van der Waals surface area contributed by atoms with Gasteiger partial charge < -0.3 is 78.1 Å². The Morgan fingerprint density at radius 1 is 0.387 bits per heavy atom. The highest BCUT2D eigenvalue weighted by Gasteiger charge is 2.26. The van der Waals surface area contributed by atoms with Crippen molar-refractivity contribution >= 4 is 177 Å². The number of fused-ring (bicyclic) bond motifs is 4. The number of Topliss-reactive ketones (excluding diaryl/α,β-unsaturated/α-hetero) is 3. The number of benzene rings is 4. The van der Waals surface area contributed by atoms with Crippen molar-refractivity contribution < 1.29 is 33.3 Å². The van der Waals surface area contributed by atoms with Crippen LogP contribution in [0.5, 0.6) is 23.0 Å². The molecule has 12 aromatic rings. The van der Waals surface area contributed by atoms with Crippen molar-refractivity contribution in [2.45, 2.75) is 224 Å². The number of aromatic nitrogens is 12. The third-order valence-corrected chi connectivity index (χ3v) is 24.6. The lowest BCUT2D eigenvalue weighted by atomic mass is 9.96. The number of halogens is 4. The van der Waals surface area contributed by atoms with Crippen molar-refractivity contribution in [1.82, 2.24) is 58.1 Å². The number of carbonyl (C=O) groups is 3. The number of ether oxygens (including phenoxy) is 4. The zero-order chi connectivity index (χ0) is 99.1. The van der Waals surface area contributed by atoms with E-state index in [1.54, 1.807) is 96.5 Å². The van der Waals surface area contributed by atoms with Gasteiger partial charge in [-0.05, 0) is 221 Å². The number of ketones is 3. The van der Waals surface area contributed by atoms with E-state index in [0.717, 1.165) is 196 Å². The van der Waals surface area contributed by atoms with Crippen LogP contribution in [0.2, 0.25) is 20.1 Å². The maximum atomic E-state index is 12.7. The molecule has 5 aliphatic rings. The lowest BCUT2D eigenvalue weighted by Gasteiger charge is -2.27. The molecule has 0 radical (unpaired) electrons. The molecule has 17 rings (SSSR count). The van der Waals surface area contributed by atoms with Crippen LogP contribution in [-0.2, 0) is 42.6 Å². The first-order valence-corrected chi connectivity index (χ1v) is 49.7. The Bertz CT molecular complexity index is 6370. The van der Waals surface area contributed by atoms with Crippen LogP contribution in [0.3, 0.4) is 0 Å². The van der Waals surface area contributed by atoms with Gasteiger partial charge in [0.05, 0.1) is 53.0 Å². The number of nitrogens with one attached hydrogen (secondary N) is 4. The van der Waals surface area contributed by atoms with Crippen LogP contribution in [0.15, 0.2) is 141 Å². The van der Waals surface area contributed by atoms with E-state index in [1.165, 1.54) is 46.3 Å². The van der Waals surface area contributed by atoms with Crippen LogP contribution in [0.25, 0.3) is 43.6 Å². The molecule has 12 heterocycles. The Morgan fingerprint density at radius 3 is 0.942 bits per heavy atom. The van der Waals surface area contributed by atoms with E-state index in [0.29, 0.717) is 85.7 Å². The maximum Gasteiger partial charge on any atom is 0.293 e. The van der Waals surface area contributed by atoms with Crippen molar-refractivity contribution in [1.29, 1.82) is 0 Å². The molecule has 4 saturated heterocycles. The van der Waals surface area contributed by atoms with Gasteiger partial charge in [0.1, 0.15) is 26.7 Å². The summed E-state index contributed by atoms with van der Waals surface area (Å²) >= 11 is 25.5. The first-order chi connectivity index (χ1) is 66.2. The number of hydrogen-bond donors (Lipinski definition) is 4. The molecule has 0 amide bonds. The molecule has 8 aromatic heterocycles. The third kappa shape index (κ3) is 28.1. The van der Waals surface area contributed by atoms with Crippen LogP contribution >= 0.6 is 46.4 Å². The van der Waals surface area contributed by atoms with Gasteiger partial charge in [0, 0.05) is 138 Å². The summed E-state index contributed by atoms with van der Waals surface area (Å²) in [7, 11) is 6.82. The molecule has 1 aliphatic carbocycles. The first-order valence-electron chi connectivity index (χ1n) is 48.2. The Balaban J connectivity index is 0.000000184. The fourth-order valence-corrected chi connectivity index (χ4v) is 16.3. The van der Waals surface area contributed by atoms with E-state index in [4.69, 9.17) is 65.4 Å². The average molecular weight is 1960 g/mol. The molecule has 137 heavy (non-hydrogen) atoms. The van der Waals surface area contributed by atoms with Crippen LogP contribution in [-0.4, -0.2) is 153 Å². The predicted octanol–water partition coefficient (Wildman–Crippen LogP) is 21.8. The summed E-state index contributed by atoms with van der Waals surface area (Å²) in [5.41, 5.74) is 5.23. The molecule has 0 spiro atoms. The quantitative estimate of drug-likeness (QED) is 0.0391. The molecule has 4 aromatic carbocycles. The normalized spacial score (nSPS) is 14.4. The maximum absolute atomic E-state index is 12.7. The van der Waals surface area contributed by atoms with Gasteiger partial charge in [-0.25, -0.2) is 19.9 Å². The van der Waals surface area contributed by atoms with E-state index in [9.17, 15) is 33.6 Å². The molecule has 4 aliphatic heterocycles. The van der Waals surface area contributed by atoms with Crippen molar-refractivity contribution in [3.05, 3.63) is 183 Å². The second kappa shape index (κ2) is 52.4. The van der Waals surface area contributed by atoms with Gasteiger partial charge >= 0.3 is 0 Å². The Hall–Kier alpha value is -12.2. The van der Waals surface area contributed by atoms with Gasteiger partial charge in [0.25, 0.3) is 22.2 Å². The van der Waals surface area contributed by atoms with Gasteiger partial charge in [0.15, 0.2) is 75.8 Å². The molecule has 734 valence electrons. The second-order valence-electron chi connectivity index (χ2n) is 32.9. The Morgan fingerprint density at radius 2 is 0.664 bits per heavy atom. The lowest BCUT2D eigenvalue weighted by molar-refractivity contribution is -0.125. The monoisotopic (exact) mass is 1950 g/mol. The van der Waals surface area contributed by atoms with Gasteiger partial charge in [-0.2, -0.15) is 19.9 Å². The van der Waals surface area contributed by atoms with E-state index >= 15 is 0 Å². The average Bonchev–Trinajstić information content (AvgIpc) is 0.790. The van der Waals surface area contributed by atoms with Crippen molar-refractivity contribution in [2.75, 3.05) is 99.8 Å². The number of hydrogen-bond acceptors (Lipinski definition) is 27. The number of anilines is 12. The molecule has 31 nitrogen and oxygen atoms in total. The molecule has 4 N–H and O–H groups in total. The van der Waals surface area contributed by atoms with Gasteiger partial charge in [-0.1, -0.05) is 116 Å². The molecular weight excluding hydrogens is 1820 g/mol. The summed E-state index contributed by atoms with van der Waals surface area (Å²) in [6.07, 6.45) is 24.0. The molecule has 2 unspecified atom stereocenters. The summed E-state index contributed by atoms with van der Waals surface area (Å²) in [6.45, 7) is 31.9. The highest BCUT2D eigenvalue weighted by Crippen LogP contribution is 2.36. The molecular formula is C102H132Cl4N20O11. The van der Waals surface area contributed by atoms with Crippen LogP contribution < -0.4 is 82.1 Å². The molecule has 5 fully saturated rings. The summed E-state index contributed by atoms with van der Waals surface area (Å²) in [5.74, 6) is 5.43. The highest BCUT2D eigenvalue weighted by molar-refractivity contribution is 6.34. The first kappa shape index (κ1) is 107. The number of carbonyl (C=O) groups excluding carboxylic acids is 3. The van der Waals surface area contributed by atoms with E-state index in [1.807, 2.05) is 141 Å². The van der Waals surface area contributed by atoms with E-state index < -0.39 is 12.2 Å². The summed E-state index contributed by atoms with van der Waals surface area (Å²) in [4.78, 5) is 131. The summed E-state index contributed by atoms with van der Waals surface area (Å²) in [6, 6.07) is 29.5. The van der Waals surface area contributed by atoms with Crippen LogP contribution in [0.4, 0.5) is 69.8 Å². The zero-order valence-corrected chi connectivity index (χ0v) is 85.1. The fourth-order valence-electron chi connectivity index (χ4n) is 15.8. The minimum atomic E-state index is -0.700.